The Bertz CT molecular complexity index is 2880. The third-order valence-corrected chi connectivity index (χ3v) is 16.8. The Balaban J connectivity index is 0.000000636. The molecular formula is C54H75F16N3O18S2. The van der Waals surface area contributed by atoms with Crippen LogP contribution in [0, 0.1) is 35.5 Å². The van der Waals surface area contributed by atoms with Crippen molar-refractivity contribution in [2.24, 2.45) is 35.5 Å². The fourth-order valence-corrected chi connectivity index (χ4v) is 10.7. The molecule has 0 spiro atoms. The SMILES string of the molecule is C=C(C)C(=O)OC(CC(C)C)CC(C)(O)C(F)(F)F.C=C(C)C(=O)OC1CC(C(C)(C)O)CC(C(O)(C(F)(F)F)C(F)(F)F)C1.C=C(C)C(=O)OCCNC(=O)OCCC(F)(F)C(F)(F)S(=O)(=O)ON1C(=O)CCC1=O.O=S(=O)(NCCC1CC2C=CC1C2)C(F)(F)F. The average Bonchev–Trinajstić information content (AvgIpc) is 1.36. The van der Waals surface area contributed by atoms with Gasteiger partial charge in [0.25, 0.3) is 17.4 Å². The molecule has 1 aliphatic heterocycles. The van der Waals surface area contributed by atoms with Crippen LogP contribution in [0.4, 0.5) is 75.0 Å². The van der Waals surface area contributed by atoms with Crippen molar-refractivity contribution in [2.45, 2.75) is 190 Å². The summed E-state index contributed by atoms with van der Waals surface area (Å²) < 4.78 is 277. The van der Waals surface area contributed by atoms with Crippen LogP contribution in [0.3, 0.4) is 0 Å². The van der Waals surface area contributed by atoms with Gasteiger partial charge in [0.15, 0.2) is 5.60 Å². The monoisotopic (exact) mass is 1420 g/mol. The number of imide groups is 1. The summed E-state index contributed by atoms with van der Waals surface area (Å²) in [6, 6.07) is 0. The number of halogens is 16. The van der Waals surface area contributed by atoms with Crippen molar-refractivity contribution in [1.82, 2.24) is 15.1 Å². The van der Waals surface area contributed by atoms with Crippen LogP contribution in [0.25, 0.3) is 0 Å². The van der Waals surface area contributed by atoms with Crippen LogP contribution in [0.5, 0.6) is 0 Å². The van der Waals surface area contributed by atoms with E-state index in [1.165, 1.54) is 34.6 Å². The summed E-state index contributed by atoms with van der Waals surface area (Å²) in [5.41, 5.74) is -14.6. The number of nitrogens with one attached hydrogen (secondary N) is 2. The Morgan fingerprint density at radius 1 is 0.667 bits per heavy atom. The summed E-state index contributed by atoms with van der Waals surface area (Å²) in [5, 5.41) is 24.8. The molecule has 2 saturated carbocycles. The molecule has 1 saturated heterocycles. The average molecular weight is 1420 g/mol. The molecule has 0 aromatic carbocycles. The topological polar surface area (TPSA) is 305 Å². The highest BCUT2D eigenvalue weighted by atomic mass is 32.2. The van der Waals surface area contributed by atoms with Crippen LogP contribution < -0.4 is 10.0 Å². The standard InChI is InChI=1S/C16H22F6O4.C15H18F4N2O9S.C13H21F3O3.C10H14F3NO2S/c1-8(2)12(23)26-11-6-9(13(3,4)24)5-10(7-11)14(25,15(17,18)19)16(20,21)22;1-9(2)12(24)28-8-6-20-13(25)29-7-5-14(16,17)15(18,19)31(26,27)30-21-10(22)3-4-11(21)23;1-8(2)6-10(19-11(17)9(3)4)7-12(5,18)13(14,15)16;11-10(12,13)17(15,16)14-4-3-9-6-7-1-2-8(9)5-7/h9-11,24-25H,1,5-7H2,2-4H3;1,3-8H2,2H3,(H,20,25);8,10,18H,3,6-7H2,1-2,4-5H3;1-2,7-9,14H,3-6H2. The normalized spacial score (nSPS) is 21.6. The van der Waals surface area contributed by atoms with Gasteiger partial charge in [-0.15, -0.1) is 9.35 Å². The van der Waals surface area contributed by atoms with E-state index in [1.807, 2.05) is 5.32 Å². The molecule has 0 aromatic rings. The second-order valence-electron chi connectivity index (χ2n) is 23.5. The smallest absolute Gasteiger partial charge is 0.460 e. The second-order valence-corrected chi connectivity index (χ2v) is 26.8. The number of sulfonamides is 1. The van der Waals surface area contributed by atoms with Gasteiger partial charge in [-0.25, -0.2) is 32.3 Å². The molecule has 8 unspecified atom stereocenters. The van der Waals surface area contributed by atoms with Gasteiger partial charge < -0.3 is 39.6 Å². The van der Waals surface area contributed by atoms with Crippen molar-refractivity contribution < 1.29 is 154 Å². The zero-order valence-electron chi connectivity index (χ0n) is 51.3. The number of aliphatic hydroxyl groups is 3. The third-order valence-electron chi connectivity index (χ3n) is 14.4. The molecule has 2 bridgehead atoms. The van der Waals surface area contributed by atoms with Gasteiger partial charge in [0.05, 0.1) is 25.2 Å². The van der Waals surface area contributed by atoms with Crippen molar-refractivity contribution in [3.63, 3.8) is 0 Å². The number of alkyl halides is 16. The van der Waals surface area contributed by atoms with Crippen LogP contribution in [-0.2, 0) is 67.3 Å². The molecule has 538 valence electrons. The maximum Gasteiger partial charge on any atom is 0.511 e. The number of ether oxygens (including phenoxy) is 4. The maximum absolute atomic E-state index is 13.9. The van der Waals surface area contributed by atoms with Crippen LogP contribution >= 0.6 is 0 Å². The molecule has 5 N–H and O–H groups in total. The first kappa shape index (κ1) is 85.4. The molecule has 3 fully saturated rings. The van der Waals surface area contributed by atoms with Gasteiger partial charge in [0.1, 0.15) is 18.8 Å². The van der Waals surface area contributed by atoms with Gasteiger partial charge in [-0.1, -0.05) is 45.7 Å². The number of carbonyl (C=O) groups excluding carboxylic acids is 6. The number of hydrogen-bond donors (Lipinski definition) is 5. The molecule has 8 atom stereocenters. The molecule has 3 amide bonds. The Morgan fingerprint density at radius 2 is 1.17 bits per heavy atom. The molecular weight excluding hydrogens is 1350 g/mol. The van der Waals surface area contributed by atoms with Crippen molar-refractivity contribution in [3.8, 4) is 0 Å². The van der Waals surface area contributed by atoms with E-state index in [9.17, 15) is 131 Å². The van der Waals surface area contributed by atoms with E-state index in [-0.39, 0.29) is 55.2 Å². The van der Waals surface area contributed by atoms with Crippen LogP contribution in [0.2, 0.25) is 0 Å². The predicted molar refractivity (Wildman–Crippen MR) is 291 cm³/mol. The zero-order valence-corrected chi connectivity index (χ0v) is 52.9. The van der Waals surface area contributed by atoms with E-state index in [4.69, 9.17) is 9.47 Å². The number of hydrogen-bond acceptors (Lipinski definition) is 18. The highest BCUT2D eigenvalue weighted by Gasteiger charge is 2.74. The molecule has 0 radical (unpaired) electrons. The molecule has 4 rings (SSSR count). The summed E-state index contributed by atoms with van der Waals surface area (Å²) >= 11 is 0. The minimum absolute atomic E-state index is 0.0342. The number of amides is 3. The van der Waals surface area contributed by atoms with Gasteiger partial charge in [0.2, 0.25) is 0 Å². The quantitative estimate of drug-likeness (QED) is 0.0108. The molecule has 4 aliphatic rings. The van der Waals surface area contributed by atoms with Crippen molar-refractivity contribution in [2.75, 3.05) is 26.3 Å². The second kappa shape index (κ2) is 32.9. The summed E-state index contributed by atoms with van der Waals surface area (Å²) in [6.45, 7) is 18.7. The third kappa shape index (κ3) is 24.8. The first-order valence-electron chi connectivity index (χ1n) is 27.8. The Labute approximate surface area is 524 Å². The maximum atomic E-state index is 13.9. The molecule has 39 heteroatoms. The van der Waals surface area contributed by atoms with E-state index in [0.29, 0.717) is 31.1 Å². The molecule has 1 heterocycles. The van der Waals surface area contributed by atoms with Crippen LogP contribution in [0.15, 0.2) is 48.6 Å². The van der Waals surface area contributed by atoms with Crippen molar-refractivity contribution in [3.05, 3.63) is 48.6 Å². The van der Waals surface area contributed by atoms with Crippen molar-refractivity contribution >= 4 is 56.0 Å². The Morgan fingerprint density at radius 3 is 1.59 bits per heavy atom. The van der Waals surface area contributed by atoms with Gasteiger partial charge in [0, 0.05) is 48.4 Å². The lowest BCUT2D eigenvalue weighted by atomic mass is 9.67. The molecule has 93 heavy (non-hydrogen) atoms. The van der Waals surface area contributed by atoms with E-state index < -0.39 is 182 Å². The van der Waals surface area contributed by atoms with Crippen LogP contribution in [-0.4, -0.2) is 164 Å². The number of fused-ring (bicyclic) bond motifs is 2. The van der Waals surface area contributed by atoms with Gasteiger partial charge in [-0.05, 0) is 116 Å². The van der Waals surface area contributed by atoms with Crippen LogP contribution in [0.1, 0.15) is 126 Å². The minimum Gasteiger partial charge on any atom is -0.460 e. The number of alkyl carbamates (subject to hydrolysis) is 1. The highest BCUT2D eigenvalue weighted by molar-refractivity contribution is 7.90. The Hall–Kier alpha value is -5.64. The lowest BCUT2D eigenvalue weighted by molar-refractivity contribution is -0.390. The van der Waals surface area contributed by atoms with E-state index in [2.05, 4.69) is 45.6 Å². The molecule has 0 aromatic heterocycles. The van der Waals surface area contributed by atoms with Crippen molar-refractivity contribution in [1.29, 1.82) is 0 Å². The fourth-order valence-electron chi connectivity index (χ4n) is 9.21. The number of allylic oxidation sites excluding steroid dienone is 2. The van der Waals surface area contributed by atoms with Gasteiger partial charge in [-0.3, -0.25) is 9.59 Å². The lowest BCUT2D eigenvalue weighted by Gasteiger charge is -2.46. The summed E-state index contributed by atoms with van der Waals surface area (Å²) in [5.74, 6) is -12.4. The van der Waals surface area contributed by atoms with E-state index in [0.717, 1.165) is 12.8 Å². The summed E-state index contributed by atoms with van der Waals surface area (Å²) in [7, 11) is -11.6. The lowest BCUT2D eigenvalue weighted by Crippen LogP contribution is -2.63. The fraction of sp³-hybridized carbons (Fsp3) is 0.741. The summed E-state index contributed by atoms with van der Waals surface area (Å²) in [4.78, 5) is 67.9. The Kier molecular flexibility index (Phi) is 30.2. The molecule has 21 nitrogen and oxygen atoms in total. The predicted octanol–water partition coefficient (Wildman–Crippen LogP) is 9.63. The molecule has 3 aliphatic carbocycles. The highest BCUT2D eigenvalue weighted by Crippen LogP contribution is 2.54. The number of rotatable bonds is 25. The van der Waals surface area contributed by atoms with Gasteiger partial charge >= 0.3 is 79.4 Å². The number of hydroxylamine groups is 2. The van der Waals surface area contributed by atoms with E-state index in [1.54, 1.807) is 18.6 Å². The van der Waals surface area contributed by atoms with Gasteiger partial charge in [-0.2, -0.15) is 78.7 Å². The first-order chi connectivity index (χ1) is 41.7. The number of nitrogens with zero attached hydrogens (tertiary/aromatic N) is 1. The van der Waals surface area contributed by atoms with E-state index >= 15 is 0 Å². The minimum atomic E-state index is -6.46. The number of carbonyl (C=O) groups is 6. The first-order valence-corrected chi connectivity index (χ1v) is 30.7. The summed E-state index contributed by atoms with van der Waals surface area (Å²) in [6.07, 6.45) is -18.8. The number of esters is 3. The largest absolute Gasteiger partial charge is 0.511 e. The zero-order chi connectivity index (χ0) is 72.9.